The fourth-order valence-electron chi connectivity index (χ4n) is 1.51. The lowest BCUT2D eigenvalue weighted by atomic mass is 10.0. The summed E-state index contributed by atoms with van der Waals surface area (Å²) < 4.78 is 2.64. The smallest absolute Gasteiger partial charge is 0.159 e. The molecule has 2 heterocycles. The predicted octanol–water partition coefficient (Wildman–Crippen LogP) is 2.06. The minimum atomic E-state index is -0.593. The molecule has 0 aliphatic heterocycles. The van der Waals surface area contributed by atoms with Crippen LogP contribution >= 0.6 is 27.3 Å². The zero-order chi connectivity index (χ0) is 12.4. The zero-order valence-corrected chi connectivity index (χ0v) is 11.7. The summed E-state index contributed by atoms with van der Waals surface area (Å²) in [6, 6.07) is 1.35. The number of aromatic nitrogens is 2. The van der Waals surface area contributed by atoms with Crippen molar-refractivity contribution < 1.29 is 4.79 Å². The van der Waals surface area contributed by atoms with Gasteiger partial charge in [-0.15, -0.1) is 11.3 Å². The van der Waals surface area contributed by atoms with Crippen LogP contribution in [0.1, 0.15) is 16.5 Å². The van der Waals surface area contributed by atoms with Gasteiger partial charge < -0.3 is 5.73 Å². The van der Waals surface area contributed by atoms with Crippen LogP contribution < -0.4 is 5.73 Å². The van der Waals surface area contributed by atoms with Crippen molar-refractivity contribution in [3.05, 3.63) is 38.8 Å². The molecule has 0 aromatic carbocycles. The first-order valence-electron chi connectivity index (χ1n) is 5.06. The number of rotatable bonds is 4. The summed E-state index contributed by atoms with van der Waals surface area (Å²) in [5.41, 5.74) is 6.65. The van der Waals surface area contributed by atoms with Crippen LogP contribution in [-0.2, 0) is 18.3 Å². The molecule has 0 saturated heterocycles. The topological polar surface area (TPSA) is 60.9 Å². The molecule has 0 aliphatic carbocycles. The summed E-state index contributed by atoms with van der Waals surface area (Å²) in [7, 11) is 1.80. The Morgan fingerprint density at radius 1 is 1.71 bits per heavy atom. The SMILES string of the molecule is Cn1cc(C(N)C(=O)Cc2cc(Br)cs2)cn1. The number of ketones is 1. The molecular formula is C11H12BrN3OS. The fourth-order valence-corrected chi connectivity index (χ4v) is 2.98. The molecule has 17 heavy (non-hydrogen) atoms. The Kier molecular flexibility index (Phi) is 3.76. The molecule has 2 aromatic rings. The van der Waals surface area contributed by atoms with Crippen molar-refractivity contribution in [2.24, 2.45) is 12.8 Å². The molecule has 0 amide bonds. The number of hydrogen-bond donors (Lipinski definition) is 1. The number of hydrogen-bond acceptors (Lipinski definition) is 4. The minimum Gasteiger partial charge on any atom is -0.318 e. The number of carbonyl (C=O) groups is 1. The van der Waals surface area contributed by atoms with E-state index >= 15 is 0 Å². The van der Waals surface area contributed by atoms with E-state index in [1.807, 2.05) is 11.4 Å². The van der Waals surface area contributed by atoms with Crippen molar-refractivity contribution in [3.63, 3.8) is 0 Å². The van der Waals surface area contributed by atoms with Gasteiger partial charge in [-0.25, -0.2) is 0 Å². The Labute approximate surface area is 112 Å². The predicted molar refractivity (Wildman–Crippen MR) is 70.9 cm³/mol. The number of Topliss-reactive ketones (excluding diaryl/α,β-unsaturated/α-hetero) is 1. The molecule has 2 rings (SSSR count). The fraction of sp³-hybridized carbons (Fsp3) is 0.273. The van der Waals surface area contributed by atoms with E-state index in [0.717, 1.165) is 14.9 Å². The average Bonchev–Trinajstić information content (AvgIpc) is 2.87. The number of halogens is 1. The van der Waals surface area contributed by atoms with Crippen LogP contribution in [0.5, 0.6) is 0 Å². The molecule has 1 unspecified atom stereocenters. The molecule has 0 aliphatic rings. The van der Waals surface area contributed by atoms with E-state index in [1.54, 1.807) is 35.5 Å². The molecule has 0 radical (unpaired) electrons. The van der Waals surface area contributed by atoms with E-state index in [0.29, 0.717) is 6.42 Å². The standard InChI is InChI=1S/C11H12BrN3OS/c1-15-5-7(4-14-15)11(13)10(16)3-9-2-8(12)6-17-9/h2,4-6,11H,3,13H2,1H3. The van der Waals surface area contributed by atoms with Gasteiger partial charge in [-0.2, -0.15) is 5.10 Å². The summed E-state index contributed by atoms with van der Waals surface area (Å²) in [6.07, 6.45) is 3.77. The van der Waals surface area contributed by atoms with Crippen LogP contribution in [0.2, 0.25) is 0 Å². The molecule has 0 fully saturated rings. The number of nitrogens with zero attached hydrogens (tertiary/aromatic N) is 2. The lowest BCUT2D eigenvalue weighted by molar-refractivity contribution is -0.119. The highest BCUT2D eigenvalue weighted by atomic mass is 79.9. The second-order valence-electron chi connectivity index (χ2n) is 3.80. The largest absolute Gasteiger partial charge is 0.318 e. The van der Waals surface area contributed by atoms with Crippen molar-refractivity contribution >= 4 is 33.0 Å². The maximum absolute atomic E-state index is 12.0. The quantitative estimate of drug-likeness (QED) is 0.939. The highest BCUT2D eigenvalue weighted by Crippen LogP contribution is 2.22. The maximum Gasteiger partial charge on any atom is 0.159 e. The third kappa shape index (κ3) is 3.02. The van der Waals surface area contributed by atoms with E-state index in [1.165, 1.54) is 0 Å². The molecule has 0 saturated carbocycles. The lowest BCUT2D eigenvalue weighted by Crippen LogP contribution is -2.22. The van der Waals surface area contributed by atoms with Gasteiger partial charge in [-0.3, -0.25) is 9.48 Å². The average molecular weight is 314 g/mol. The molecule has 90 valence electrons. The van der Waals surface area contributed by atoms with Gasteiger partial charge in [-0.05, 0) is 22.0 Å². The van der Waals surface area contributed by atoms with Crippen molar-refractivity contribution in [1.29, 1.82) is 0 Å². The van der Waals surface area contributed by atoms with E-state index in [2.05, 4.69) is 21.0 Å². The molecule has 0 bridgehead atoms. The summed E-state index contributed by atoms with van der Waals surface area (Å²) in [5.74, 6) is 0.00681. The van der Waals surface area contributed by atoms with Crippen LogP contribution in [0.3, 0.4) is 0 Å². The first kappa shape index (κ1) is 12.5. The first-order valence-corrected chi connectivity index (χ1v) is 6.73. The number of nitrogens with two attached hydrogens (primary N) is 1. The Morgan fingerprint density at radius 3 is 3.00 bits per heavy atom. The van der Waals surface area contributed by atoms with Crippen LogP contribution in [0, 0.1) is 0 Å². The van der Waals surface area contributed by atoms with Crippen LogP contribution in [0.15, 0.2) is 28.3 Å². The normalized spacial score (nSPS) is 12.6. The molecule has 1 atom stereocenters. The Morgan fingerprint density at radius 2 is 2.47 bits per heavy atom. The molecule has 2 N–H and O–H groups in total. The van der Waals surface area contributed by atoms with Gasteiger partial charge >= 0.3 is 0 Å². The summed E-state index contributed by atoms with van der Waals surface area (Å²) in [4.78, 5) is 13.0. The van der Waals surface area contributed by atoms with Crippen molar-refractivity contribution in [1.82, 2.24) is 9.78 Å². The van der Waals surface area contributed by atoms with Crippen LogP contribution in [-0.4, -0.2) is 15.6 Å². The Bertz CT molecular complexity index is 534. The van der Waals surface area contributed by atoms with Gasteiger partial charge in [0.15, 0.2) is 5.78 Å². The highest BCUT2D eigenvalue weighted by molar-refractivity contribution is 9.10. The van der Waals surface area contributed by atoms with Crippen LogP contribution in [0.4, 0.5) is 0 Å². The molecule has 6 heteroatoms. The van der Waals surface area contributed by atoms with E-state index < -0.39 is 6.04 Å². The van der Waals surface area contributed by atoms with Crippen LogP contribution in [0.25, 0.3) is 0 Å². The van der Waals surface area contributed by atoms with E-state index in [9.17, 15) is 4.79 Å². The van der Waals surface area contributed by atoms with Gasteiger partial charge in [0.2, 0.25) is 0 Å². The maximum atomic E-state index is 12.0. The van der Waals surface area contributed by atoms with E-state index in [-0.39, 0.29) is 5.78 Å². The highest BCUT2D eigenvalue weighted by Gasteiger charge is 2.18. The zero-order valence-electron chi connectivity index (χ0n) is 9.26. The number of carbonyl (C=O) groups excluding carboxylic acids is 1. The van der Waals surface area contributed by atoms with E-state index in [4.69, 9.17) is 5.73 Å². The third-order valence-electron chi connectivity index (χ3n) is 2.40. The summed E-state index contributed by atoms with van der Waals surface area (Å²) >= 11 is 4.91. The monoisotopic (exact) mass is 313 g/mol. The second-order valence-corrected chi connectivity index (χ2v) is 5.71. The van der Waals surface area contributed by atoms with Gasteiger partial charge in [0.1, 0.15) is 0 Å². The van der Waals surface area contributed by atoms with Gasteiger partial charge in [0.25, 0.3) is 0 Å². The number of thiophene rings is 1. The molecule has 0 spiro atoms. The Balaban J connectivity index is 2.05. The van der Waals surface area contributed by atoms with Crippen molar-refractivity contribution in [2.45, 2.75) is 12.5 Å². The second kappa shape index (κ2) is 5.12. The number of aryl methyl sites for hydroxylation is 1. The first-order chi connectivity index (χ1) is 8.06. The molecular weight excluding hydrogens is 302 g/mol. The van der Waals surface area contributed by atoms with Gasteiger partial charge in [0, 0.05) is 40.0 Å². The Hall–Kier alpha value is -0.980. The van der Waals surface area contributed by atoms with Crippen molar-refractivity contribution in [2.75, 3.05) is 0 Å². The molecule has 4 nitrogen and oxygen atoms in total. The minimum absolute atomic E-state index is 0.00681. The van der Waals surface area contributed by atoms with Gasteiger partial charge in [0.05, 0.1) is 12.2 Å². The summed E-state index contributed by atoms with van der Waals surface area (Å²) in [6.45, 7) is 0. The summed E-state index contributed by atoms with van der Waals surface area (Å²) in [5, 5.41) is 5.97. The van der Waals surface area contributed by atoms with Gasteiger partial charge in [-0.1, -0.05) is 0 Å². The molecule has 2 aromatic heterocycles. The van der Waals surface area contributed by atoms with Crippen molar-refractivity contribution in [3.8, 4) is 0 Å². The lowest BCUT2D eigenvalue weighted by Gasteiger charge is -2.06. The third-order valence-corrected chi connectivity index (χ3v) is 4.10.